The highest BCUT2D eigenvalue weighted by Gasteiger charge is 1.80. The van der Waals surface area contributed by atoms with Crippen molar-refractivity contribution >= 4 is 0 Å². The minimum atomic E-state index is 0.361. The minimum absolute atomic E-state index is 0.361. The molecular formula is C9H23NO. The van der Waals surface area contributed by atoms with E-state index in [1.54, 1.807) is 0 Å². The monoisotopic (exact) mass is 161 g/mol. The van der Waals surface area contributed by atoms with Crippen LogP contribution in [0.3, 0.4) is 0 Å². The lowest BCUT2D eigenvalue weighted by Gasteiger charge is -1.90. The Bertz CT molecular complexity index is 48.8. The summed E-state index contributed by atoms with van der Waals surface area (Å²) in [6.07, 6.45) is 4.68. The van der Waals surface area contributed by atoms with Crippen LogP contribution >= 0.6 is 0 Å². The molecule has 0 aliphatic rings. The third-order valence-electron chi connectivity index (χ3n) is 1.01. The molecule has 0 radical (unpaired) electrons. The summed E-state index contributed by atoms with van der Waals surface area (Å²) in [5, 5.41) is 8.29. The van der Waals surface area contributed by atoms with Gasteiger partial charge in [0.15, 0.2) is 0 Å². The zero-order valence-electron chi connectivity index (χ0n) is 8.43. The Labute approximate surface area is 71.2 Å². The van der Waals surface area contributed by atoms with Crippen LogP contribution in [0.25, 0.3) is 0 Å². The maximum Gasteiger partial charge on any atom is 0.0431 e. The van der Waals surface area contributed by atoms with E-state index >= 15 is 0 Å². The second-order valence-corrected chi connectivity index (χ2v) is 3.13. The van der Waals surface area contributed by atoms with Crippen molar-refractivity contribution in [1.29, 1.82) is 0 Å². The minimum Gasteiger partial charge on any atom is -0.396 e. The zero-order valence-corrected chi connectivity index (χ0v) is 8.43. The summed E-state index contributed by atoms with van der Waals surface area (Å²) in [6, 6.07) is 0. The number of nitrogens with zero attached hydrogens (tertiary/aromatic N) is 1. The molecule has 0 rings (SSSR count). The molecule has 0 bridgehead atoms. The van der Waals surface area contributed by atoms with Crippen molar-refractivity contribution in [2.75, 3.05) is 27.7 Å². The maximum atomic E-state index is 8.29. The molecule has 2 nitrogen and oxygen atoms in total. The van der Waals surface area contributed by atoms with Crippen LogP contribution in [-0.2, 0) is 0 Å². The molecule has 0 amide bonds. The summed E-state index contributed by atoms with van der Waals surface area (Å²) < 4.78 is 0. The molecule has 0 saturated carbocycles. The average molecular weight is 161 g/mol. The first-order valence-electron chi connectivity index (χ1n) is 4.36. The number of aliphatic hydroxyl groups excluding tert-OH is 1. The Balaban J connectivity index is 0. The normalized spacial score (nSPS) is 9.27. The van der Waals surface area contributed by atoms with Crippen molar-refractivity contribution in [2.24, 2.45) is 0 Å². The predicted octanol–water partition coefficient (Wildman–Crippen LogP) is 1.74. The van der Waals surface area contributed by atoms with E-state index in [0.717, 1.165) is 6.42 Å². The van der Waals surface area contributed by atoms with Crippen LogP contribution in [0.15, 0.2) is 0 Å². The molecule has 0 aromatic rings. The van der Waals surface area contributed by atoms with E-state index in [9.17, 15) is 0 Å². The SMILES string of the molecule is CCCCCCO.CN(C)C. The van der Waals surface area contributed by atoms with Gasteiger partial charge in [0, 0.05) is 6.61 Å². The summed E-state index contributed by atoms with van der Waals surface area (Å²) in [6.45, 7) is 2.53. The molecule has 0 atom stereocenters. The number of unbranched alkanes of at least 4 members (excludes halogenated alkanes) is 3. The Hall–Kier alpha value is -0.0800. The van der Waals surface area contributed by atoms with Crippen molar-refractivity contribution in [3.63, 3.8) is 0 Å². The van der Waals surface area contributed by atoms with Crippen LogP contribution in [0.5, 0.6) is 0 Å². The lowest BCUT2D eigenvalue weighted by molar-refractivity contribution is 0.283. The van der Waals surface area contributed by atoms with Gasteiger partial charge in [-0.05, 0) is 27.6 Å². The smallest absolute Gasteiger partial charge is 0.0431 e. The maximum absolute atomic E-state index is 8.29. The summed E-state index contributed by atoms with van der Waals surface area (Å²) >= 11 is 0. The third kappa shape index (κ3) is 40.5. The lowest BCUT2D eigenvalue weighted by atomic mass is 10.2. The van der Waals surface area contributed by atoms with E-state index in [4.69, 9.17) is 5.11 Å². The molecule has 0 aliphatic heterocycles. The van der Waals surface area contributed by atoms with Crippen LogP contribution in [0.4, 0.5) is 0 Å². The fourth-order valence-corrected chi connectivity index (χ4v) is 0.539. The molecular weight excluding hydrogens is 138 g/mol. The van der Waals surface area contributed by atoms with Gasteiger partial charge in [0.2, 0.25) is 0 Å². The third-order valence-corrected chi connectivity index (χ3v) is 1.01. The second-order valence-electron chi connectivity index (χ2n) is 3.13. The second kappa shape index (κ2) is 12.6. The highest BCUT2D eigenvalue weighted by molar-refractivity contribution is 4.35. The largest absolute Gasteiger partial charge is 0.396 e. The van der Waals surface area contributed by atoms with Crippen LogP contribution < -0.4 is 0 Å². The van der Waals surface area contributed by atoms with Crippen LogP contribution in [-0.4, -0.2) is 37.8 Å². The molecule has 0 aliphatic carbocycles. The molecule has 0 saturated heterocycles. The van der Waals surface area contributed by atoms with Crippen molar-refractivity contribution < 1.29 is 5.11 Å². The quantitative estimate of drug-likeness (QED) is 0.635. The highest BCUT2D eigenvalue weighted by atomic mass is 16.2. The lowest BCUT2D eigenvalue weighted by Crippen LogP contribution is -1.99. The molecule has 2 heteroatoms. The van der Waals surface area contributed by atoms with Gasteiger partial charge in [0.25, 0.3) is 0 Å². The van der Waals surface area contributed by atoms with Crippen molar-refractivity contribution in [3.8, 4) is 0 Å². The fourth-order valence-electron chi connectivity index (χ4n) is 0.539. The standard InChI is InChI=1S/C6H14O.C3H9N/c1-2-3-4-5-6-7;1-4(2)3/h7H,2-6H2,1H3;1-3H3. The van der Waals surface area contributed by atoms with Gasteiger partial charge in [-0.3, -0.25) is 0 Å². The van der Waals surface area contributed by atoms with Gasteiger partial charge < -0.3 is 10.0 Å². The van der Waals surface area contributed by atoms with Crippen molar-refractivity contribution in [1.82, 2.24) is 4.90 Å². The topological polar surface area (TPSA) is 23.5 Å². The van der Waals surface area contributed by atoms with Crippen LogP contribution in [0.1, 0.15) is 32.6 Å². The van der Waals surface area contributed by atoms with Gasteiger partial charge in [0.05, 0.1) is 0 Å². The Kier molecular flexibility index (Phi) is 15.4. The van der Waals surface area contributed by atoms with E-state index in [1.165, 1.54) is 19.3 Å². The van der Waals surface area contributed by atoms with E-state index in [0.29, 0.717) is 6.61 Å². The van der Waals surface area contributed by atoms with Crippen molar-refractivity contribution in [3.05, 3.63) is 0 Å². The predicted molar refractivity (Wildman–Crippen MR) is 50.8 cm³/mol. The van der Waals surface area contributed by atoms with Gasteiger partial charge in [0.1, 0.15) is 0 Å². The molecule has 0 aromatic heterocycles. The number of rotatable bonds is 4. The summed E-state index contributed by atoms with van der Waals surface area (Å²) in [7, 11) is 6.00. The fraction of sp³-hybridized carbons (Fsp3) is 1.00. The zero-order chi connectivity index (χ0) is 9.11. The first-order chi connectivity index (χ1) is 5.15. The average Bonchev–Trinajstić information content (AvgIpc) is 1.88. The van der Waals surface area contributed by atoms with E-state index in [1.807, 2.05) is 26.0 Å². The summed E-state index contributed by atoms with van der Waals surface area (Å²) in [5.74, 6) is 0. The molecule has 0 spiro atoms. The molecule has 11 heavy (non-hydrogen) atoms. The van der Waals surface area contributed by atoms with Gasteiger partial charge in [-0.2, -0.15) is 0 Å². The molecule has 0 heterocycles. The molecule has 0 fully saturated rings. The van der Waals surface area contributed by atoms with Crippen LogP contribution in [0.2, 0.25) is 0 Å². The molecule has 1 N–H and O–H groups in total. The molecule has 0 unspecified atom stereocenters. The number of hydrogen-bond acceptors (Lipinski definition) is 2. The molecule has 70 valence electrons. The first kappa shape index (κ1) is 13.5. The number of hydrogen-bond donors (Lipinski definition) is 1. The Morgan fingerprint density at radius 3 is 1.73 bits per heavy atom. The van der Waals surface area contributed by atoms with Gasteiger partial charge in [-0.1, -0.05) is 26.2 Å². The van der Waals surface area contributed by atoms with Gasteiger partial charge in [-0.25, -0.2) is 0 Å². The summed E-state index contributed by atoms with van der Waals surface area (Å²) in [4.78, 5) is 2.00. The first-order valence-corrected chi connectivity index (χ1v) is 4.36. The Morgan fingerprint density at radius 1 is 1.00 bits per heavy atom. The van der Waals surface area contributed by atoms with E-state index in [2.05, 4.69) is 6.92 Å². The van der Waals surface area contributed by atoms with Gasteiger partial charge in [-0.15, -0.1) is 0 Å². The Morgan fingerprint density at radius 2 is 1.45 bits per heavy atom. The molecule has 0 aromatic carbocycles. The summed E-state index contributed by atoms with van der Waals surface area (Å²) in [5.41, 5.74) is 0. The van der Waals surface area contributed by atoms with Gasteiger partial charge >= 0.3 is 0 Å². The van der Waals surface area contributed by atoms with Crippen LogP contribution in [0, 0.1) is 0 Å². The van der Waals surface area contributed by atoms with Crippen molar-refractivity contribution in [2.45, 2.75) is 32.6 Å². The van der Waals surface area contributed by atoms with E-state index in [-0.39, 0.29) is 0 Å². The van der Waals surface area contributed by atoms with E-state index < -0.39 is 0 Å². The number of aliphatic hydroxyl groups is 1. The highest BCUT2D eigenvalue weighted by Crippen LogP contribution is 1.95.